The first-order chi connectivity index (χ1) is 13.7. The summed E-state index contributed by atoms with van der Waals surface area (Å²) in [6.45, 7) is 1.80. The average molecular weight is 382 g/mol. The van der Waals surface area contributed by atoms with E-state index in [1.54, 1.807) is 0 Å². The predicted molar refractivity (Wildman–Crippen MR) is 112 cm³/mol. The van der Waals surface area contributed by atoms with Crippen LogP contribution in [0.2, 0.25) is 0 Å². The summed E-state index contributed by atoms with van der Waals surface area (Å²) in [6, 6.07) is 17.4. The fraction of sp³-hybridized carbons (Fsp3) is 0.458. The van der Waals surface area contributed by atoms with Gasteiger partial charge in [-0.3, -0.25) is 4.79 Å². The van der Waals surface area contributed by atoms with E-state index in [1.807, 2.05) is 4.90 Å². The van der Waals surface area contributed by atoms with Crippen LogP contribution in [-0.4, -0.2) is 47.3 Å². The molecule has 2 aromatic carbocycles. The van der Waals surface area contributed by atoms with Crippen LogP contribution in [0.1, 0.15) is 36.8 Å². The Kier molecular flexibility index (Phi) is 7.63. The Bertz CT molecular complexity index is 731. The number of aliphatic hydroxyl groups excluding tert-OH is 2. The Morgan fingerprint density at radius 3 is 1.96 bits per heavy atom. The van der Waals surface area contributed by atoms with Crippen LogP contribution in [0.5, 0.6) is 0 Å². The lowest BCUT2D eigenvalue weighted by Gasteiger charge is -2.32. The molecule has 0 bridgehead atoms. The molecular weight excluding hydrogens is 350 g/mol. The highest BCUT2D eigenvalue weighted by molar-refractivity contribution is 5.76. The number of piperidine rings is 1. The van der Waals surface area contributed by atoms with Crippen LogP contribution in [0.4, 0.5) is 0 Å². The van der Waals surface area contributed by atoms with Gasteiger partial charge in [0.2, 0.25) is 5.91 Å². The van der Waals surface area contributed by atoms with Gasteiger partial charge in [-0.2, -0.15) is 0 Å². The maximum Gasteiger partial charge on any atom is 0.224 e. The van der Waals surface area contributed by atoms with Gasteiger partial charge in [-0.25, -0.2) is 0 Å². The zero-order chi connectivity index (χ0) is 19.8. The maximum atomic E-state index is 11.9. The number of aliphatic hydroxyl groups is 2. The van der Waals surface area contributed by atoms with Gasteiger partial charge in [0.25, 0.3) is 0 Å². The van der Waals surface area contributed by atoms with Crippen molar-refractivity contribution in [2.45, 2.75) is 38.5 Å². The number of likely N-dealkylation sites (tertiary alicyclic amines) is 1. The summed E-state index contributed by atoms with van der Waals surface area (Å²) < 4.78 is 0. The van der Waals surface area contributed by atoms with Gasteiger partial charge in [-0.15, -0.1) is 0 Å². The molecule has 1 amide bonds. The van der Waals surface area contributed by atoms with Gasteiger partial charge in [0.15, 0.2) is 0 Å². The molecular formula is C24H31NO3. The summed E-state index contributed by atoms with van der Waals surface area (Å²) in [6.07, 6.45) is 5.10. The molecule has 0 atom stereocenters. The van der Waals surface area contributed by atoms with E-state index in [2.05, 4.69) is 48.5 Å². The minimum absolute atomic E-state index is 0.0590. The smallest absolute Gasteiger partial charge is 0.224 e. The van der Waals surface area contributed by atoms with Crippen LogP contribution in [0.15, 0.2) is 48.5 Å². The molecule has 1 aliphatic heterocycles. The van der Waals surface area contributed by atoms with E-state index in [4.69, 9.17) is 10.2 Å². The Balaban J connectivity index is 1.51. The van der Waals surface area contributed by atoms with E-state index >= 15 is 0 Å². The van der Waals surface area contributed by atoms with Crippen LogP contribution in [-0.2, 0) is 17.6 Å². The molecule has 1 saturated heterocycles. The molecule has 0 aliphatic carbocycles. The van der Waals surface area contributed by atoms with Gasteiger partial charge in [0.1, 0.15) is 0 Å². The van der Waals surface area contributed by atoms with Crippen molar-refractivity contribution in [3.8, 4) is 11.1 Å². The molecule has 1 heterocycles. The van der Waals surface area contributed by atoms with Gasteiger partial charge in [0.05, 0.1) is 6.61 Å². The monoisotopic (exact) mass is 381 g/mol. The minimum atomic E-state index is -0.0590. The van der Waals surface area contributed by atoms with E-state index in [9.17, 15) is 4.79 Å². The fourth-order valence-electron chi connectivity index (χ4n) is 3.95. The van der Waals surface area contributed by atoms with Crippen LogP contribution in [0, 0.1) is 5.92 Å². The minimum Gasteiger partial charge on any atom is -0.396 e. The molecule has 0 saturated carbocycles. The normalized spacial score (nSPS) is 15.0. The largest absolute Gasteiger partial charge is 0.396 e. The van der Waals surface area contributed by atoms with Gasteiger partial charge in [0, 0.05) is 26.1 Å². The van der Waals surface area contributed by atoms with Gasteiger partial charge < -0.3 is 15.1 Å². The topological polar surface area (TPSA) is 60.8 Å². The zero-order valence-corrected chi connectivity index (χ0v) is 16.5. The van der Waals surface area contributed by atoms with E-state index in [-0.39, 0.29) is 25.5 Å². The second-order valence-electron chi connectivity index (χ2n) is 7.72. The Morgan fingerprint density at radius 2 is 1.43 bits per heavy atom. The summed E-state index contributed by atoms with van der Waals surface area (Å²) in [7, 11) is 0. The van der Waals surface area contributed by atoms with Crippen molar-refractivity contribution < 1.29 is 15.0 Å². The first-order valence-corrected chi connectivity index (χ1v) is 10.4. The molecule has 2 N–H and O–H groups in total. The molecule has 3 rings (SSSR count). The fourth-order valence-corrected chi connectivity index (χ4v) is 3.95. The second kappa shape index (κ2) is 10.4. The SMILES string of the molecule is O=C(CCO)N1CCC(Cc2ccc(-c3ccc(CCCO)cc3)cc2)CC1. The van der Waals surface area contributed by atoms with E-state index in [1.165, 1.54) is 22.3 Å². The first kappa shape index (κ1) is 20.6. The third-order valence-corrected chi connectivity index (χ3v) is 5.68. The molecule has 150 valence electrons. The third kappa shape index (κ3) is 5.66. The Morgan fingerprint density at radius 1 is 0.857 bits per heavy atom. The lowest BCUT2D eigenvalue weighted by atomic mass is 9.89. The lowest BCUT2D eigenvalue weighted by molar-refractivity contribution is -0.133. The number of hydrogen-bond donors (Lipinski definition) is 2. The van der Waals surface area contributed by atoms with Gasteiger partial charge >= 0.3 is 0 Å². The molecule has 4 heteroatoms. The molecule has 1 fully saturated rings. The number of amides is 1. The summed E-state index contributed by atoms with van der Waals surface area (Å²) in [5, 5.41) is 17.8. The number of nitrogens with zero attached hydrogens (tertiary/aromatic N) is 1. The van der Waals surface area contributed by atoms with Crippen molar-refractivity contribution in [1.82, 2.24) is 4.90 Å². The van der Waals surface area contributed by atoms with Crippen molar-refractivity contribution in [3.63, 3.8) is 0 Å². The van der Waals surface area contributed by atoms with E-state index in [0.29, 0.717) is 5.92 Å². The summed E-state index contributed by atoms with van der Waals surface area (Å²) in [4.78, 5) is 13.8. The highest BCUT2D eigenvalue weighted by Gasteiger charge is 2.22. The van der Waals surface area contributed by atoms with E-state index in [0.717, 1.165) is 45.2 Å². The zero-order valence-electron chi connectivity index (χ0n) is 16.5. The van der Waals surface area contributed by atoms with Crippen molar-refractivity contribution in [1.29, 1.82) is 0 Å². The van der Waals surface area contributed by atoms with Crippen molar-refractivity contribution in [2.75, 3.05) is 26.3 Å². The first-order valence-electron chi connectivity index (χ1n) is 10.4. The Hall–Kier alpha value is -2.17. The predicted octanol–water partition coefficient (Wildman–Crippen LogP) is 3.44. The van der Waals surface area contributed by atoms with Crippen molar-refractivity contribution in [3.05, 3.63) is 59.7 Å². The lowest BCUT2D eigenvalue weighted by Crippen LogP contribution is -2.39. The number of hydrogen-bond acceptors (Lipinski definition) is 3. The number of carbonyl (C=O) groups excluding carboxylic acids is 1. The molecule has 0 aromatic heterocycles. The number of carbonyl (C=O) groups is 1. The van der Waals surface area contributed by atoms with Crippen LogP contribution in [0.3, 0.4) is 0 Å². The van der Waals surface area contributed by atoms with Crippen LogP contribution >= 0.6 is 0 Å². The number of aryl methyl sites for hydroxylation is 1. The third-order valence-electron chi connectivity index (χ3n) is 5.68. The summed E-state index contributed by atoms with van der Waals surface area (Å²) >= 11 is 0. The van der Waals surface area contributed by atoms with Crippen molar-refractivity contribution >= 4 is 5.91 Å². The van der Waals surface area contributed by atoms with Crippen molar-refractivity contribution in [2.24, 2.45) is 5.92 Å². The standard InChI is InChI=1S/C24H31NO3/c26-16-1-2-19-3-7-22(8-4-19)23-9-5-20(6-10-23)18-21-11-14-25(15-12-21)24(28)13-17-27/h3-10,21,26-27H,1-2,11-18H2. The molecule has 28 heavy (non-hydrogen) atoms. The van der Waals surface area contributed by atoms with Gasteiger partial charge in [-0.1, -0.05) is 48.5 Å². The molecule has 2 aromatic rings. The van der Waals surface area contributed by atoms with Gasteiger partial charge in [-0.05, 0) is 60.3 Å². The average Bonchev–Trinajstić information content (AvgIpc) is 2.74. The van der Waals surface area contributed by atoms with Crippen LogP contribution in [0.25, 0.3) is 11.1 Å². The number of rotatable bonds is 8. The number of benzene rings is 2. The highest BCUT2D eigenvalue weighted by atomic mass is 16.3. The summed E-state index contributed by atoms with van der Waals surface area (Å²) in [5.41, 5.74) is 5.05. The highest BCUT2D eigenvalue weighted by Crippen LogP contribution is 2.25. The maximum absolute atomic E-state index is 11.9. The molecule has 1 aliphatic rings. The molecule has 0 unspecified atom stereocenters. The quantitative estimate of drug-likeness (QED) is 0.736. The second-order valence-corrected chi connectivity index (χ2v) is 7.72. The molecule has 4 nitrogen and oxygen atoms in total. The molecule has 0 spiro atoms. The summed E-state index contributed by atoms with van der Waals surface area (Å²) in [5.74, 6) is 0.697. The molecule has 0 radical (unpaired) electrons. The van der Waals surface area contributed by atoms with E-state index < -0.39 is 0 Å². The Labute approximate surface area is 167 Å². The van der Waals surface area contributed by atoms with Crippen LogP contribution < -0.4 is 0 Å².